The van der Waals surface area contributed by atoms with Gasteiger partial charge in [0, 0.05) is 5.92 Å². The number of sulfonamides is 1. The Hall–Kier alpha value is -4.60. The van der Waals surface area contributed by atoms with Gasteiger partial charge in [-0.3, -0.25) is 4.79 Å². The van der Waals surface area contributed by atoms with Crippen LogP contribution in [0.1, 0.15) is 30.0 Å². The van der Waals surface area contributed by atoms with Crippen molar-refractivity contribution in [3.63, 3.8) is 0 Å². The van der Waals surface area contributed by atoms with E-state index in [1.165, 1.54) is 6.07 Å². The summed E-state index contributed by atoms with van der Waals surface area (Å²) >= 11 is 1.07. The molecule has 238 valence electrons. The molecule has 5 rings (SSSR count). The van der Waals surface area contributed by atoms with E-state index in [0.29, 0.717) is 30.9 Å². The average molecular weight is 656 g/mol. The highest BCUT2D eigenvalue weighted by Crippen LogP contribution is 2.29. The molecule has 0 radical (unpaired) electrons. The van der Waals surface area contributed by atoms with E-state index in [0.717, 1.165) is 44.9 Å². The largest absolute Gasteiger partial charge is 0.493 e. The van der Waals surface area contributed by atoms with Gasteiger partial charge >= 0.3 is 0 Å². The minimum atomic E-state index is -3.89. The lowest BCUT2D eigenvalue weighted by Gasteiger charge is -2.21. The second-order valence-electron chi connectivity index (χ2n) is 11.1. The second kappa shape index (κ2) is 15.1. The predicted molar refractivity (Wildman–Crippen MR) is 182 cm³/mol. The molecule has 0 aliphatic rings. The fourth-order valence-electron chi connectivity index (χ4n) is 4.93. The molecule has 7 nitrogen and oxygen atoms in total. The first-order valence-electron chi connectivity index (χ1n) is 15.0. The van der Waals surface area contributed by atoms with Gasteiger partial charge in [0.1, 0.15) is 21.5 Å². The highest BCUT2D eigenvalue weighted by molar-refractivity contribution is 7.92. The number of amides is 1. The summed E-state index contributed by atoms with van der Waals surface area (Å²) in [5.74, 6) is 1.04. The number of rotatable bonds is 14. The number of hydrogen-bond acceptors (Lipinski definition) is 7. The normalized spacial score (nSPS) is 12.6. The third kappa shape index (κ3) is 8.99. The summed E-state index contributed by atoms with van der Waals surface area (Å²) < 4.78 is 46.0. The molecule has 1 heterocycles. The van der Waals surface area contributed by atoms with Crippen LogP contribution in [0.25, 0.3) is 11.1 Å². The van der Waals surface area contributed by atoms with Gasteiger partial charge in [-0.1, -0.05) is 73.7 Å². The molecule has 2 atom stereocenters. The Kier molecular flexibility index (Phi) is 10.8. The Morgan fingerprint density at radius 1 is 0.783 bits per heavy atom. The van der Waals surface area contributed by atoms with E-state index < -0.39 is 28.1 Å². The first-order chi connectivity index (χ1) is 22.2. The van der Waals surface area contributed by atoms with Gasteiger partial charge < -0.3 is 14.2 Å². The molecule has 2 unspecified atom stereocenters. The summed E-state index contributed by atoms with van der Waals surface area (Å²) in [7, 11) is -3.89. The van der Waals surface area contributed by atoms with E-state index in [-0.39, 0.29) is 4.21 Å². The molecule has 0 saturated heterocycles. The van der Waals surface area contributed by atoms with Gasteiger partial charge in [0.2, 0.25) is 12.2 Å². The first-order valence-corrected chi connectivity index (χ1v) is 17.4. The summed E-state index contributed by atoms with van der Waals surface area (Å²) in [6, 6.07) is 34.4. The van der Waals surface area contributed by atoms with Crippen LogP contribution in [0.4, 0.5) is 0 Å². The molecule has 5 aromatic rings. The number of carbonyl (C=O) groups is 1. The Balaban J connectivity index is 1.26. The number of carbonyl (C=O) groups excluding carboxylic acids is 1. The zero-order chi connectivity index (χ0) is 32.5. The lowest BCUT2D eigenvalue weighted by Crippen LogP contribution is -2.35. The zero-order valence-electron chi connectivity index (χ0n) is 26.0. The van der Waals surface area contributed by atoms with E-state index in [2.05, 4.69) is 4.72 Å². The van der Waals surface area contributed by atoms with Crippen molar-refractivity contribution in [2.75, 3.05) is 6.61 Å². The highest BCUT2D eigenvalue weighted by Gasteiger charge is 2.23. The zero-order valence-corrected chi connectivity index (χ0v) is 27.6. The number of thiophene rings is 1. The van der Waals surface area contributed by atoms with Crippen LogP contribution in [0, 0.1) is 19.8 Å². The molecule has 4 aromatic carbocycles. The van der Waals surface area contributed by atoms with Crippen molar-refractivity contribution >= 4 is 27.3 Å². The van der Waals surface area contributed by atoms with Gasteiger partial charge in [-0.05, 0) is 95.9 Å². The van der Waals surface area contributed by atoms with Crippen LogP contribution >= 0.6 is 11.3 Å². The Labute approximate surface area is 274 Å². The second-order valence-corrected chi connectivity index (χ2v) is 14.0. The molecule has 0 fully saturated rings. The third-order valence-corrected chi connectivity index (χ3v) is 10.0. The van der Waals surface area contributed by atoms with Crippen molar-refractivity contribution < 1.29 is 27.4 Å². The monoisotopic (exact) mass is 655 g/mol. The van der Waals surface area contributed by atoms with Crippen LogP contribution in [0.3, 0.4) is 0 Å². The molecule has 1 aromatic heterocycles. The first kappa shape index (κ1) is 32.8. The predicted octanol–water partition coefficient (Wildman–Crippen LogP) is 7.97. The lowest BCUT2D eigenvalue weighted by atomic mass is 9.93. The molecule has 1 N–H and O–H groups in total. The van der Waals surface area contributed by atoms with Crippen molar-refractivity contribution in [2.45, 2.75) is 44.1 Å². The standard InChI is InChI=1S/C37H37NO6S2/c1-26-9-6-12-32(23-26)42-21-20-35(44-33-13-7-10-27(2)24-33)43-31-18-16-29(17-19-31)34-14-5-4-11-30(34)25-28(3)37(39)38-46(40,41)36-15-8-22-45-36/h4-19,22-24,28,35H,20-21,25H2,1-3H3,(H,38,39). The van der Waals surface area contributed by atoms with Crippen LogP contribution in [0.2, 0.25) is 0 Å². The molecule has 0 aliphatic carbocycles. The minimum absolute atomic E-state index is 0.112. The van der Waals surface area contributed by atoms with E-state index in [4.69, 9.17) is 14.2 Å². The smallest absolute Gasteiger partial charge is 0.273 e. The summed E-state index contributed by atoms with van der Waals surface area (Å²) in [4.78, 5) is 12.9. The quantitative estimate of drug-likeness (QED) is 0.122. The van der Waals surface area contributed by atoms with Crippen LogP contribution in [-0.2, 0) is 21.2 Å². The number of hydrogen-bond donors (Lipinski definition) is 1. The van der Waals surface area contributed by atoms with Crippen LogP contribution in [-0.4, -0.2) is 27.2 Å². The minimum Gasteiger partial charge on any atom is -0.493 e. The summed E-state index contributed by atoms with van der Waals surface area (Å²) in [6.45, 7) is 6.18. The van der Waals surface area contributed by atoms with Crippen molar-refractivity contribution in [1.82, 2.24) is 4.72 Å². The van der Waals surface area contributed by atoms with Gasteiger partial charge in [-0.15, -0.1) is 11.3 Å². The molecule has 46 heavy (non-hydrogen) atoms. The summed E-state index contributed by atoms with van der Waals surface area (Å²) in [6.07, 6.45) is 0.275. The number of nitrogens with one attached hydrogen (secondary N) is 1. The van der Waals surface area contributed by atoms with E-state index in [1.807, 2.05) is 111 Å². The maximum Gasteiger partial charge on any atom is 0.273 e. The van der Waals surface area contributed by atoms with Crippen LogP contribution < -0.4 is 18.9 Å². The number of aryl methyl sites for hydroxylation is 2. The van der Waals surface area contributed by atoms with Crippen molar-refractivity contribution in [2.24, 2.45) is 5.92 Å². The Bertz CT molecular complexity index is 1850. The van der Waals surface area contributed by atoms with Crippen molar-refractivity contribution in [3.05, 3.63) is 131 Å². The Morgan fingerprint density at radius 2 is 1.46 bits per heavy atom. The average Bonchev–Trinajstić information content (AvgIpc) is 3.58. The van der Waals surface area contributed by atoms with Gasteiger partial charge in [0.05, 0.1) is 13.0 Å². The summed E-state index contributed by atoms with van der Waals surface area (Å²) in [5.41, 5.74) is 5.05. The number of benzene rings is 4. The molecule has 0 saturated carbocycles. The van der Waals surface area contributed by atoms with Gasteiger partial charge in [-0.2, -0.15) is 0 Å². The number of ether oxygens (including phenoxy) is 3. The van der Waals surface area contributed by atoms with Gasteiger partial charge in [0.25, 0.3) is 10.0 Å². The fraction of sp³-hybridized carbons (Fsp3) is 0.216. The molecule has 1 amide bonds. The van der Waals surface area contributed by atoms with Gasteiger partial charge in [0.15, 0.2) is 0 Å². The molecular weight excluding hydrogens is 619 g/mol. The molecule has 0 bridgehead atoms. The van der Waals surface area contributed by atoms with Crippen molar-refractivity contribution in [3.8, 4) is 28.4 Å². The maximum absolute atomic E-state index is 12.9. The molecule has 0 aliphatic heterocycles. The highest BCUT2D eigenvalue weighted by atomic mass is 32.2. The third-order valence-electron chi connectivity index (χ3n) is 7.29. The van der Waals surface area contributed by atoms with Crippen LogP contribution in [0.5, 0.6) is 17.2 Å². The van der Waals surface area contributed by atoms with E-state index in [1.54, 1.807) is 18.4 Å². The van der Waals surface area contributed by atoms with Gasteiger partial charge in [-0.25, -0.2) is 13.1 Å². The molecule has 0 spiro atoms. The van der Waals surface area contributed by atoms with Crippen LogP contribution in [0.15, 0.2) is 119 Å². The van der Waals surface area contributed by atoms with Crippen molar-refractivity contribution in [1.29, 1.82) is 0 Å². The lowest BCUT2D eigenvalue weighted by molar-refractivity contribution is -0.122. The fourth-order valence-corrected chi connectivity index (χ4v) is 7.00. The van der Waals surface area contributed by atoms with E-state index in [9.17, 15) is 13.2 Å². The SMILES string of the molecule is Cc1cccc(OCCC(Oc2ccc(-c3ccccc3CC(C)C(=O)NS(=O)(=O)c3cccs3)cc2)Oc2cccc(C)c2)c1. The summed E-state index contributed by atoms with van der Waals surface area (Å²) in [5, 5.41) is 1.66. The topological polar surface area (TPSA) is 90.9 Å². The maximum atomic E-state index is 12.9. The molecular formula is C37H37NO6S2. The Morgan fingerprint density at radius 3 is 2.15 bits per heavy atom. The molecule has 9 heteroatoms. The van der Waals surface area contributed by atoms with E-state index >= 15 is 0 Å².